The highest BCUT2D eigenvalue weighted by Crippen LogP contribution is 2.27. The highest BCUT2D eigenvalue weighted by atomic mass is 16.2. The van der Waals surface area contributed by atoms with Crippen molar-refractivity contribution in [3.8, 4) is 16.9 Å². The first kappa shape index (κ1) is 19.4. The van der Waals surface area contributed by atoms with Crippen molar-refractivity contribution in [1.29, 1.82) is 0 Å². The number of carbonyl (C=O) groups is 1. The fraction of sp³-hybridized carbons (Fsp3) is 0.333. The highest BCUT2D eigenvalue weighted by Gasteiger charge is 2.27. The predicted octanol–water partition coefficient (Wildman–Crippen LogP) is 3.91. The standard InChI is InChI=1S/C24H28N4O/c1-2-18-8-10-20(11-9-18)23-22(17-28(26-23)21-6-4-3-5-7-21)24(29)27-14-12-19(16-25)13-15-27/h3-11,17,19H,2,12-16,25H2,1H3. The van der Waals surface area contributed by atoms with E-state index in [1.807, 2.05) is 46.1 Å². The van der Waals surface area contributed by atoms with Crippen LogP contribution < -0.4 is 5.73 Å². The Hall–Kier alpha value is -2.92. The summed E-state index contributed by atoms with van der Waals surface area (Å²) in [4.78, 5) is 15.3. The minimum absolute atomic E-state index is 0.0530. The summed E-state index contributed by atoms with van der Waals surface area (Å²) in [5, 5.41) is 4.80. The van der Waals surface area contributed by atoms with Crippen molar-refractivity contribution < 1.29 is 4.79 Å². The minimum Gasteiger partial charge on any atom is -0.339 e. The Balaban J connectivity index is 1.70. The van der Waals surface area contributed by atoms with Gasteiger partial charge in [0.1, 0.15) is 5.69 Å². The molecular weight excluding hydrogens is 360 g/mol. The van der Waals surface area contributed by atoms with E-state index in [1.165, 1.54) is 5.56 Å². The highest BCUT2D eigenvalue weighted by molar-refractivity contribution is 6.00. The van der Waals surface area contributed by atoms with Gasteiger partial charge in [-0.15, -0.1) is 0 Å². The van der Waals surface area contributed by atoms with Crippen molar-refractivity contribution in [2.75, 3.05) is 19.6 Å². The molecule has 0 unspecified atom stereocenters. The molecule has 0 bridgehead atoms. The number of hydrogen-bond donors (Lipinski definition) is 1. The Labute approximate surface area is 172 Å². The van der Waals surface area contributed by atoms with E-state index in [9.17, 15) is 4.79 Å². The van der Waals surface area contributed by atoms with Gasteiger partial charge in [0.2, 0.25) is 0 Å². The maximum absolute atomic E-state index is 13.4. The van der Waals surface area contributed by atoms with Crippen LogP contribution in [-0.2, 0) is 6.42 Å². The maximum atomic E-state index is 13.4. The Morgan fingerprint density at radius 1 is 1.07 bits per heavy atom. The van der Waals surface area contributed by atoms with E-state index >= 15 is 0 Å². The molecule has 1 amide bonds. The summed E-state index contributed by atoms with van der Waals surface area (Å²) in [6.07, 6.45) is 4.79. The second-order valence-electron chi connectivity index (χ2n) is 7.69. The van der Waals surface area contributed by atoms with Gasteiger partial charge in [0.25, 0.3) is 5.91 Å². The van der Waals surface area contributed by atoms with Gasteiger partial charge < -0.3 is 10.6 Å². The Morgan fingerprint density at radius 2 is 1.76 bits per heavy atom. The van der Waals surface area contributed by atoms with Crippen molar-refractivity contribution in [3.05, 3.63) is 71.9 Å². The number of amides is 1. The zero-order chi connectivity index (χ0) is 20.2. The molecule has 2 aromatic carbocycles. The van der Waals surface area contributed by atoms with Gasteiger partial charge >= 0.3 is 0 Å². The molecule has 150 valence electrons. The molecule has 0 spiro atoms. The van der Waals surface area contributed by atoms with E-state index in [4.69, 9.17) is 10.8 Å². The number of hydrogen-bond acceptors (Lipinski definition) is 3. The number of aryl methyl sites for hydroxylation is 1. The zero-order valence-electron chi connectivity index (χ0n) is 16.9. The number of aromatic nitrogens is 2. The molecule has 1 saturated heterocycles. The summed E-state index contributed by atoms with van der Waals surface area (Å²) < 4.78 is 1.81. The number of benzene rings is 2. The first-order valence-electron chi connectivity index (χ1n) is 10.4. The summed E-state index contributed by atoms with van der Waals surface area (Å²) >= 11 is 0. The third-order valence-electron chi connectivity index (χ3n) is 5.84. The number of nitrogens with zero attached hydrogens (tertiary/aromatic N) is 3. The molecule has 2 N–H and O–H groups in total. The molecule has 5 heteroatoms. The smallest absolute Gasteiger partial charge is 0.257 e. The van der Waals surface area contributed by atoms with Crippen molar-refractivity contribution in [1.82, 2.24) is 14.7 Å². The largest absolute Gasteiger partial charge is 0.339 e. The quantitative estimate of drug-likeness (QED) is 0.721. The lowest BCUT2D eigenvalue weighted by molar-refractivity contribution is 0.0694. The normalized spacial score (nSPS) is 14.9. The van der Waals surface area contributed by atoms with Gasteiger partial charge in [0.15, 0.2) is 0 Å². The molecule has 2 heterocycles. The Bertz CT molecular complexity index is 954. The Kier molecular flexibility index (Phi) is 5.76. The molecule has 0 aliphatic carbocycles. The summed E-state index contributed by atoms with van der Waals surface area (Å²) in [7, 11) is 0. The molecule has 4 rings (SSSR count). The van der Waals surface area contributed by atoms with E-state index in [0.29, 0.717) is 18.0 Å². The van der Waals surface area contributed by atoms with Crippen molar-refractivity contribution >= 4 is 5.91 Å². The number of rotatable bonds is 5. The predicted molar refractivity (Wildman–Crippen MR) is 116 cm³/mol. The van der Waals surface area contributed by atoms with Gasteiger partial charge in [-0.2, -0.15) is 5.10 Å². The summed E-state index contributed by atoms with van der Waals surface area (Å²) in [5.74, 6) is 0.573. The molecule has 0 atom stereocenters. The van der Waals surface area contributed by atoms with E-state index in [1.54, 1.807) is 0 Å². The van der Waals surface area contributed by atoms with Crippen LogP contribution >= 0.6 is 0 Å². The van der Waals surface area contributed by atoms with Crippen LogP contribution in [0.15, 0.2) is 60.8 Å². The zero-order valence-corrected chi connectivity index (χ0v) is 16.9. The summed E-state index contributed by atoms with van der Waals surface area (Å²) in [6, 6.07) is 18.3. The average molecular weight is 389 g/mol. The van der Waals surface area contributed by atoms with Crippen LogP contribution in [0.1, 0.15) is 35.7 Å². The number of carbonyl (C=O) groups excluding carboxylic acids is 1. The fourth-order valence-electron chi connectivity index (χ4n) is 3.90. The third kappa shape index (κ3) is 4.10. The third-order valence-corrected chi connectivity index (χ3v) is 5.84. The van der Waals surface area contributed by atoms with Crippen LogP contribution in [0.5, 0.6) is 0 Å². The molecular formula is C24H28N4O. The van der Waals surface area contributed by atoms with E-state index < -0.39 is 0 Å². The van der Waals surface area contributed by atoms with Crippen LogP contribution in [0.2, 0.25) is 0 Å². The fourth-order valence-corrected chi connectivity index (χ4v) is 3.90. The second-order valence-corrected chi connectivity index (χ2v) is 7.69. The van der Waals surface area contributed by atoms with Crippen molar-refractivity contribution in [2.45, 2.75) is 26.2 Å². The summed E-state index contributed by atoms with van der Waals surface area (Å²) in [6.45, 7) is 4.35. The average Bonchev–Trinajstić information content (AvgIpc) is 3.25. The lowest BCUT2D eigenvalue weighted by Crippen LogP contribution is -2.40. The van der Waals surface area contributed by atoms with Crippen molar-refractivity contribution in [3.63, 3.8) is 0 Å². The molecule has 1 fully saturated rings. The van der Waals surface area contributed by atoms with Gasteiger partial charge in [-0.05, 0) is 49.4 Å². The van der Waals surface area contributed by atoms with Crippen LogP contribution in [0.4, 0.5) is 0 Å². The minimum atomic E-state index is 0.0530. The van der Waals surface area contributed by atoms with Gasteiger partial charge in [0, 0.05) is 24.8 Å². The molecule has 3 aromatic rings. The van der Waals surface area contributed by atoms with Crippen molar-refractivity contribution in [2.24, 2.45) is 11.7 Å². The lowest BCUT2D eigenvalue weighted by Gasteiger charge is -2.31. The van der Waals surface area contributed by atoms with Crippen LogP contribution in [-0.4, -0.2) is 40.2 Å². The summed E-state index contributed by atoms with van der Waals surface area (Å²) in [5.41, 5.74) is 10.4. The van der Waals surface area contributed by atoms with Gasteiger partial charge in [-0.3, -0.25) is 4.79 Å². The second kappa shape index (κ2) is 8.62. The van der Waals surface area contributed by atoms with Crippen LogP contribution in [0.25, 0.3) is 16.9 Å². The molecule has 1 aliphatic heterocycles. The van der Waals surface area contributed by atoms with E-state index in [2.05, 4.69) is 31.2 Å². The van der Waals surface area contributed by atoms with Crippen LogP contribution in [0, 0.1) is 5.92 Å². The monoisotopic (exact) mass is 388 g/mol. The molecule has 5 nitrogen and oxygen atoms in total. The van der Waals surface area contributed by atoms with E-state index in [-0.39, 0.29) is 5.91 Å². The number of nitrogens with two attached hydrogens (primary N) is 1. The van der Waals surface area contributed by atoms with Gasteiger partial charge in [0.05, 0.1) is 11.3 Å². The molecule has 0 saturated carbocycles. The van der Waals surface area contributed by atoms with Gasteiger partial charge in [-0.25, -0.2) is 4.68 Å². The molecule has 29 heavy (non-hydrogen) atoms. The molecule has 0 radical (unpaired) electrons. The number of likely N-dealkylation sites (tertiary alicyclic amines) is 1. The van der Waals surface area contributed by atoms with Crippen LogP contribution in [0.3, 0.4) is 0 Å². The van der Waals surface area contributed by atoms with Gasteiger partial charge in [-0.1, -0.05) is 49.4 Å². The first-order chi connectivity index (χ1) is 14.2. The SMILES string of the molecule is CCc1ccc(-c2nn(-c3ccccc3)cc2C(=O)N2CCC(CN)CC2)cc1. The lowest BCUT2D eigenvalue weighted by atomic mass is 9.96. The van der Waals surface area contributed by atoms with E-state index in [0.717, 1.165) is 49.3 Å². The topological polar surface area (TPSA) is 64.2 Å². The Morgan fingerprint density at radius 3 is 2.38 bits per heavy atom. The maximum Gasteiger partial charge on any atom is 0.257 e. The molecule has 1 aliphatic rings. The first-order valence-corrected chi connectivity index (χ1v) is 10.4. The number of piperidine rings is 1. The molecule has 1 aromatic heterocycles. The number of para-hydroxylation sites is 1.